The minimum Gasteiger partial charge on any atom is -0.271 e. The normalized spacial score (nSPS) is 13.2. The summed E-state index contributed by atoms with van der Waals surface area (Å²) in [5.74, 6) is 4.50. The van der Waals surface area contributed by atoms with E-state index in [0.717, 1.165) is 0 Å². The molecule has 0 saturated heterocycles. The van der Waals surface area contributed by atoms with Crippen LogP contribution in [0.1, 0.15) is 31.9 Å². The summed E-state index contributed by atoms with van der Waals surface area (Å²) in [5, 5.41) is 0. The second kappa shape index (κ2) is 5.19. The first-order chi connectivity index (χ1) is 7.06. The van der Waals surface area contributed by atoms with Crippen LogP contribution in [0.5, 0.6) is 0 Å². The van der Waals surface area contributed by atoms with E-state index >= 15 is 0 Å². The summed E-state index contributed by atoms with van der Waals surface area (Å²) in [5.41, 5.74) is 2.47. The molecule has 2 nitrogen and oxygen atoms in total. The van der Waals surface area contributed by atoms with E-state index in [0.29, 0.717) is 12.3 Å². The minimum absolute atomic E-state index is 0.0219. The maximum Gasteiger partial charge on any atom is 0.130 e. The molecule has 84 valence electrons. The minimum atomic E-state index is -0.557. The summed E-state index contributed by atoms with van der Waals surface area (Å²) in [6.07, 6.45) is 0.592. The van der Waals surface area contributed by atoms with Gasteiger partial charge in [0, 0.05) is 5.56 Å². The zero-order chi connectivity index (χ0) is 11.4. The smallest absolute Gasteiger partial charge is 0.130 e. The summed E-state index contributed by atoms with van der Waals surface area (Å²) in [6, 6.07) is 3.34. The van der Waals surface area contributed by atoms with Crippen LogP contribution in [-0.2, 0) is 0 Å². The molecule has 0 spiro atoms. The van der Waals surface area contributed by atoms with Gasteiger partial charge in [0.25, 0.3) is 0 Å². The highest BCUT2D eigenvalue weighted by Crippen LogP contribution is 2.25. The fraction of sp³-hybridized carbons (Fsp3) is 0.455. The Balaban J connectivity index is 3.00. The van der Waals surface area contributed by atoms with Gasteiger partial charge < -0.3 is 0 Å². The average molecular weight is 214 g/mol. The fourth-order valence-electron chi connectivity index (χ4n) is 1.58. The van der Waals surface area contributed by atoms with Gasteiger partial charge in [-0.2, -0.15) is 0 Å². The van der Waals surface area contributed by atoms with Gasteiger partial charge in [0.05, 0.1) is 6.04 Å². The van der Waals surface area contributed by atoms with Crippen LogP contribution in [0.2, 0.25) is 0 Å². The van der Waals surface area contributed by atoms with Crippen LogP contribution < -0.4 is 11.3 Å². The van der Waals surface area contributed by atoms with E-state index in [9.17, 15) is 8.78 Å². The Morgan fingerprint density at radius 2 is 1.80 bits per heavy atom. The number of hydrogen-bond acceptors (Lipinski definition) is 2. The van der Waals surface area contributed by atoms with E-state index in [2.05, 4.69) is 5.43 Å². The van der Waals surface area contributed by atoms with Crippen molar-refractivity contribution < 1.29 is 8.78 Å². The van der Waals surface area contributed by atoms with Crippen LogP contribution in [0.25, 0.3) is 0 Å². The van der Waals surface area contributed by atoms with Gasteiger partial charge in [-0.3, -0.25) is 11.3 Å². The lowest BCUT2D eigenvalue weighted by molar-refractivity contribution is 0.405. The van der Waals surface area contributed by atoms with Crippen LogP contribution in [0.15, 0.2) is 18.2 Å². The van der Waals surface area contributed by atoms with Crippen molar-refractivity contribution in [3.05, 3.63) is 35.4 Å². The Bertz CT molecular complexity index is 306. The lowest BCUT2D eigenvalue weighted by atomic mass is 9.97. The number of nitrogens with one attached hydrogen (secondary N) is 1. The molecule has 0 fully saturated rings. The standard InChI is InChI=1S/C11H16F2N2/c1-7(2)6-10(15-14)11-8(12)4-3-5-9(11)13/h3-5,7,10,15H,6,14H2,1-2H3. The number of hydrazine groups is 1. The van der Waals surface area contributed by atoms with Crippen molar-refractivity contribution in [2.24, 2.45) is 11.8 Å². The van der Waals surface area contributed by atoms with Gasteiger partial charge in [0.1, 0.15) is 11.6 Å². The summed E-state index contributed by atoms with van der Waals surface area (Å²) in [4.78, 5) is 0. The summed E-state index contributed by atoms with van der Waals surface area (Å²) >= 11 is 0. The first-order valence-corrected chi connectivity index (χ1v) is 4.96. The molecule has 1 rings (SSSR count). The first-order valence-electron chi connectivity index (χ1n) is 4.96. The SMILES string of the molecule is CC(C)CC(NN)c1c(F)cccc1F. The molecular weight excluding hydrogens is 198 g/mol. The maximum absolute atomic E-state index is 13.4. The molecule has 0 radical (unpaired) electrons. The Hall–Kier alpha value is -1.00. The highest BCUT2D eigenvalue weighted by Gasteiger charge is 2.19. The summed E-state index contributed by atoms with van der Waals surface area (Å²) in [6.45, 7) is 3.95. The Labute approximate surface area is 88.4 Å². The summed E-state index contributed by atoms with van der Waals surface area (Å²) < 4.78 is 26.8. The van der Waals surface area contributed by atoms with Crippen molar-refractivity contribution in [1.29, 1.82) is 0 Å². The molecule has 4 heteroatoms. The molecular formula is C11H16F2N2. The van der Waals surface area contributed by atoms with Crippen LogP contribution in [0, 0.1) is 17.6 Å². The van der Waals surface area contributed by atoms with Crippen LogP contribution >= 0.6 is 0 Å². The Morgan fingerprint density at radius 3 is 2.20 bits per heavy atom. The number of benzene rings is 1. The van der Waals surface area contributed by atoms with Crippen molar-refractivity contribution in [3.63, 3.8) is 0 Å². The van der Waals surface area contributed by atoms with Gasteiger partial charge in [-0.1, -0.05) is 19.9 Å². The van der Waals surface area contributed by atoms with E-state index in [-0.39, 0.29) is 5.56 Å². The molecule has 0 aliphatic heterocycles. The van der Waals surface area contributed by atoms with E-state index in [1.165, 1.54) is 18.2 Å². The van der Waals surface area contributed by atoms with Gasteiger partial charge in [-0.05, 0) is 24.5 Å². The predicted octanol–water partition coefficient (Wildman–Crippen LogP) is 2.52. The van der Waals surface area contributed by atoms with E-state index in [1.54, 1.807) is 0 Å². The monoisotopic (exact) mass is 214 g/mol. The molecule has 1 aromatic rings. The van der Waals surface area contributed by atoms with Crippen molar-refractivity contribution in [1.82, 2.24) is 5.43 Å². The van der Waals surface area contributed by atoms with Gasteiger partial charge in [0.15, 0.2) is 0 Å². The molecule has 0 heterocycles. The lowest BCUT2D eigenvalue weighted by Gasteiger charge is -2.19. The van der Waals surface area contributed by atoms with Crippen molar-refractivity contribution in [2.45, 2.75) is 26.3 Å². The average Bonchev–Trinajstić information content (AvgIpc) is 2.15. The second-order valence-electron chi connectivity index (χ2n) is 3.98. The number of rotatable bonds is 4. The molecule has 0 aromatic heterocycles. The zero-order valence-corrected chi connectivity index (χ0v) is 8.93. The highest BCUT2D eigenvalue weighted by atomic mass is 19.1. The first kappa shape index (κ1) is 12.1. The van der Waals surface area contributed by atoms with Crippen LogP contribution in [0.4, 0.5) is 8.78 Å². The largest absolute Gasteiger partial charge is 0.271 e. The van der Waals surface area contributed by atoms with Gasteiger partial charge in [-0.15, -0.1) is 0 Å². The number of hydrogen-bond donors (Lipinski definition) is 2. The zero-order valence-electron chi connectivity index (χ0n) is 8.93. The lowest BCUT2D eigenvalue weighted by Crippen LogP contribution is -2.30. The van der Waals surface area contributed by atoms with Gasteiger partial charge in [0.2, 0.25) is 0 Å². The molecule has 0 bridgehead atoms. The van der Waals surface area contributed by atoms with Crippen LogP contribution in [-0.4, -0.2) is 0 Å². The second-order valence-corrected chi connectivity index (χ2v) is 3.98. The molecule has 3 N–H and O–H groups in total. The van der Waals surface area contributed by atoms with E-state index < -0.39 is 17.7 Å². The van der Waals surface area contributed by atoms with E-state index in [4.69, 9.17) is 5.84 Å². The summed E-state index contributed by atoms with van der Waals surface area (Å²) in [7, 11) is 0. The molecule has 15 heavy (non-hydrogen) atoms. The predicted molar refractivity (Wildman–Crippen MR) is 55.9 cm³/mol. The van der Waals surface area contributed by atoms with Crippen molar-refractivity contribution in [3.8, 4) is 0 Å². The van der Waals surface area contributed by atoms with Crippen molar-refractivity contribution in [2.75, 3.05) is 0 Å². The quantitative estimate of drug-likeness (QED) is 0.597. The van der Waals surface area contributed by atoms with E-state index in [1.807, 2.05) is 13.8 Å². The van der Waals surface area contributed by atoms with Gasteiger partial charge in [-0.25, -0.2) is 8.78 Å². The molecule has 1 unspecified atom stereocenters. The number of nitrogens with two attached hydrogens (primary N) is 1. The molecule has 0 aliphatic carbocycles. The fourth-order valence-corrected chi connectivity index (χ4v) is 1.58. The third-order valence-corrected chi connectivity index (χ3v) is 2.26. The molecule has 0 amide bonds. The molecule has 1 atom stereocenters. The van der Waals surface area contributed by atoms with Gasteiger partial charge >= 0.3 is 0 Å². The van der Waals surface area contributed by atoms with Crippen molar-refractivity contribution >= 4 is 0 Å². The third-order valence-electron chi connectivity index (χ3n) is 2.26. The highest BCUT2D eigenvalue weighted by molar-refractivity contribution is 5.23. The molecule has 1 aromatic carbocycles. The van der Waals surface area contributed by atoms with Crippen LogP contribution in [0.3, 0.4) is 0 Å². The molecule has 0 saturated carbocycles. The Morgan fingerprint density at radius 1 is 1.27 bits per heavy atom. The topological polar surface area (TPSA) is 38.0 Å². The Kier molecular flexibility index (Phi) is 4.17. The number of halogens is 2. The maximum atomic E-state index is 13.4. The third kappa shape index (κ3) is 2.97. The molecule has 0 aliphatic rings.